The molecule has 1 rings (SSSR count). The normalized spacial score (nSPS) is 12.8. The molecule has 0 fully saturated rings. The molecule has 0 bridgehead atoms. The molecule has 0 aromatic heterocycles. The summed E-state index contributed by atoms with van der Waals surface area (Å²) in [7, 11) is -7.66. The van der Waals surface area contributed by atoms with Crippen LogP contribution in [0.1, 0.15) is 19.4 Å². The zero-order valence-electron chi connectivity index (χ0n) is 10.9. The van der Waals surface area contributed by atoms with E-state index in [1.165, 1.54) is 20.8 Å². The highest BCUT2D eigenvalue weighted by atomic mass is 35.5. The van der Waals surface area contributed by atoms with Crippen molar-refractivity contribution in [3.8, 4) is 0 Å². The van der Waals surface area contributed by atoms with E-state index < -0.39 is 25.3 Å². The predicted octanol–water partition coefficient (Wildman–Crippen LogP) is 2.10. The third-order valence-electron chi connectivity index (χ3n) is 2.59. The SMILES string of the molecule is Cc1c(S(N)(=O)=O)cc(Cl)c(NS(=O)(=O)C(C)C)c1Cl. The van der Waals surface area contributed by atoms with E-state index >= 15 is 0 Å². The molecule has 114 valence electrons. The molecular formula is C10H14Cl2N2O4S2. The Labute approximate surface area is 128 Å². The maximum Gasteiger partial charge on any atom is 0.238 e. The van der Waals surface area contributed by atoms with E-state index in [-0.39, 0.29) is 26.2 Å². The molecule has 0 amide bonds. The summed E-state index contributed by atoms with van der Waals surface area (Å²) in [5.41, 5.74) is 0.0620. The van der Waals surface area contributed by atoms with Gasteiger partial charge in [-0.3, -0.25) is 4.72 Å². The molecule has 10 heteroatoms. The number of nitrogens with one attached hydrogen (secondary N) is 1. The van der Waals surface area contributed by atoms with E-state index in [1.54, 1.807) is 0 Å². The Morgan fingerprint density at radius 1 is 1.20 bits per heavy atom. The second-order valence-corrected chi connectivity index (χ2v) is 8.96. The maximum absolute atomic E-state index is 11.8. The van der Waals surface area contributed by atoms with Crippen molar-refractivity contribution in [1.82, 2.24) is 0 Å². The van der Waals surface area contributed by atoms with E-state index in [4.69, 9.17) is 28.3 Å². The highest BCUT2D eigenvalue weighted by Crippen LogP contribution is 2.37. The molecule has 0 saturated heterocycles. The van der Waals surface area contributed by atoms with Gasteiger partial charge in [-0.1, -0.05) is 23.2 Å². The van der Waals surface area contributed by atoms with Gasteiger partial charge < -0.3 is 0 Å². The molecule has 0 aliphatic carbocycles. The molecule has 0 aliphatic heterocycles. The van der Waals surface area contributed by atoms with Crippen LogP contribution in [-0.4, -0.2) is 22.1 Å². The van der Waals surface area contributed by atoms with Gasteiger partial charge in [0.15, 0.2) is 0 Å². The number of benzene rings is 1. The Morgan fingerprint density at radius 2 is 1.70 bits per heavy atom. The largest absolute Gasteiger partial charge is 0.280 e. The Hall–Kier alpha value is -0.540. The van der Waals surface area contributed by atoms with Crippen molar-refractivity contribution in [3.63, 3.8) is 0 Å². The van der Waals surface area contributed by atoms with E-state index in [1.807, 2.05) is 0 Å². The number of primary sulfonamides is 1. The number of rotatable bonds is 4. The number of sulfonamides is 2. The summed E-state index contributed by atoms with van der Waals surface area (Å²) in [4.78, 5) is -0.250. The molecule has 0 spiro atoms. The van der Waals surface area contributed by atoms with Crippen molar-refractivity contribution in [2.75, 3.05) is 4.72 Å². The van der Waals surface area contributed by atoms with Gasteiger partial charge in [0.2, 0.25) is 20.0 Å². The zero-order valence-corrected chi connectivity index (χ0v) is 14.1. The van der Waals surface area contributed by atoms with Crippen molar-refractivity contribution in [1.29, 1.82) is 0 Å². The smallest absolute Gasteiger partial charge is 0.238 e. The molecule has 1 aromatic rings. The average Bonchev–Trinajstić information content (AvgIpc) is 2.27. The first-order valence-electron chi connectivity index (χ1n) is 5.41. The van der Waals surface area contributed by atoms with E-state index in [0.717, 1.165) is 6.07 Å². The highest BCUT2D eigenvalue weighted by molar-refractivity contribution is 7.93. The minimum absolute atomic E-state index is 0.0630. The van der Waals surface area contributed by atoms with Crippen molar-refractivity contribution >= 4 is 48.9 Å². The molecule has 3 N–H and O–H groups in total. The molecule has 6 nitrogen and oxygen atoms in total. The van der Waals surface area contributed by atoms with Crippen LogP contribution in [0.25, 0.3) is 0 Å². The summed E-state index contributed by atoms with van der Waals surface area (Å²) in [6.07, 6.45) is 0. The quantitative estimate of drug-likeness (QED) is 0.856. The molecule has 0 radical (unpaired) electrons. The van der Waals surface area contributed by atoms with Crippen LogP contribution in [0.2, 0.25) is 10.0 Å². The first-order chi connectivity index (χ1) is 8.88. The van der Waals surface area contributed by atoms with Gasteiger partial charge >= 0.3 is 0 Å². The van der Waals surface area contributed by atoms with Crippen LogP contribution in [0.3, 0.4) is 0 Å². The fourth-order valence-electron chi connectivity index (χ4n) is 1.35. The highest BCUT2D eigenvalue weighted by Gasteiger charge is 2.23. The summed E-state index contributed by atoms with van der Waals surface area (Å²) >= 11 is 11.9. The van der Waals surface area contributed by atoms with Gasteiger partial charge in [-0.05, 0) is 32.4 Å². The first-order valence-corrected chi connectivity index (χ1v) is 9.25. The summed E-state index contributed by atoms with van der Waals surface area (Å²) in [6.45, 7) is 4.37. The van der Waals surface area contributed by atoms with Crippen molar-refractivity contribution in [2.24, 2.45) is 5.14 Å². The van der Waals surface area contributed by atoms with Gasteiger partial charge in [-0.2, -0.15) is 0 Å². The minimum Gasteiger partial charge on any atom is -0.280 e. The Balaban J connectivity index is 3.51. The average molecular weight is 361 g/mol. The number of hydrogen-bond acceptors (Lipinski definition) is 4. The van der Waals surface area contributed by atoms with Crippen LogP contribution in [-0.2, 0) is 20.0 Å². The van der Waals surface area contributed by atoms with E-state index in [9.17, 15) is 16.8 Å². The van der Waals surface area contributed by atoms with Crippen LogP contribution in [0.5, 0.6) is 0 Å². The van der Waals surface area contributed by atoms with E-state index in [0.29, 0.717) is 0 Å². The second kappa shape index (κ2) is 5.69. The Bertz CT molecular complexity index is 743. The summed E-state index contributed by atoms with van der Waals surface area (Å²) in [5.74, 6) is 0. The molecule has 0 aliphatic rings. The molecule has 1 aromatic carbocycles. The Kier molecular flexibility index (Phi) is 4.98. The molecule has 0 saturated carbocycles. The number of hydrogen-bond donors (Lipinski definition) is 2. The second-order valence-electron chi connectivity index (χ2n) is 4.41. The van der Waals surface area contributed by atoms with Crippen LogP contribution in [0.15, 0.2) is 11.0 Å². The third kappa shape index (κ3) is 3.56. The zero-order chi connectivity index (χ0) is 15.9. The lowest BCUT2D eigenvalue weighted by Crippen LogP contribution is -2.23. The number of nitrogens with two attached hydrogens (primary N) is 1. The van der Waals surface area contributed by atoms with Crippen molar-refractivity contribution < 1.29 is 16.8 Å². The van der Waals surface area contributed by atoms with Gasteiger partial charge in [0, 0.05) is 0 Å². The van der Waals surface area contributed by atoms with Crippen LogP contribution in [0, 0.1) is 6.92 Å². The number of anilines is 1. The topological polar surface area (TPSA) is 106 Å². The van der Waals surface area contributed by atoms with Crippen molar-refractivity contribution in [2.45, 2.75) is 30.9 Å². The standard InChI is InChI=1S/C10H14Cl2N2O4S2/c1-5(2)20(17,18)14-10-7(11)4-8(19(13,15)16)6(3)9(10)12/h4-5,14H,1-3H3,(H2,13,15,16). The Morgan fingerprint density at radius 3 is 2.10 bits per heavy atom. The molecule has 0 atom stereocenters. The first kappa shape index (κ1) is 17.5. The fraction of sp³-hybridized carbons (Fsp3) is 0.400. The lowest BCUT2D eigenvalue weighted by Gasteiger charge is -2.16. The van der Waals surface area contributed by atoms with Gasteiger partial charge in [-0.15, -0.1) is 0 Å². The van der Waals surface area contributed by atoms with Gasteiger partial charge in [0.05, 0.1) is 25.9 Å². The van der Waals surface area contributed by atoms with Gasteiger partial charge in [0.25, 0.3) is 0 Å². The van der Waals surface area contributed by atoms with Gasteiger partial charge in [-0.25, -0.2) is 22.0 Å². The molecular weight excluding hydrogens is 347 g/mol. The van der Waals surface area contributed by atoms with E-state index in [2.05, 4.69) is 4.72 Å². The van der Waals surface area contributed by atoms with Crippen LogP contribution >= 0.6 is 23.2 Å². The number of halogens is 2. The van der Waals surface area contributed by atoms with Crippen LogP contribution in [0.4, 0.5) is 5.69 Å². The monoisotopic (exact) mass is 360 g/mol. The molecule has 20 heavy (non-hydrogen) atoms. The fourth-order valence-corrected chi connectivity index (χ4v) is 3.67. The lowest BCUT2D eigenvalue weighted by molar-refractivity contribution is 0.592. The predicted molar refractivity (Wildman–Crippen MR) is 80.3 cm³/mol. The molecule has 0 heterocycles. The lowest BCUT2D eigenvalue weighted by atomic mass is 10.2. The van der Waals surface area contributed by atoms with Crippen LogP contribution < -0.4 is 9.86 Å². The maximum atomic E-state index is 11.8. The minimum atomic E-state index is -4.00. The van der Waals surface area contributed by atoms with Crippen molar-refractivity contribution in [3.05, 3.63) is 21.7 Å². The summed E-state index contributed by atoms with van der Waals surface area (Å²) in [6, 6.07) is 1.07. The summed E-state index contributed by atoms with van der Waals surface area (Å²) in [5, 5.41) is 4.09. The third-order valence-corrected chi connectivity index (χ3v) is 6.12. The van der Waals surface area contributed by atoms with Gasteiger partial charge in [0.1, 0.15) is 0 Å². The summed E-state index contributed by atoms with van der Waals surface area (Å²) < 4.78 is 48.7. The molecule has 0 unspecified atom stereocenters.